The van der Waals surface area contributed by atoms with Gasteiger partial charge in [-0.1, -0.05) is 34.1 Å². The molecule has 0 aromatic heterocycles. The van der Waals surface area contributed by atoms with E-state index in [1.807, 2.05) is 65.8 Å². The first-order valence-corrected chi connectivity index (χ1v) is 10.9. The monoisotopic (exact) mass is 482 g/mol. The Hall–Kier alpha value is -2.02. The van der Waals surface area contributed by atoms with Crippen molar-refractivity contribution in [3.63, 3.8) is 0 Å². The van der Waals surface area contributed by atoms with Gasteiger partial charge in [0.2, 0.25) is 0 Å². The maximum atomic E-state index is 13.0. The van der Waals surface area contributed by atoms with Gasteiger partial charge in [-0.05, 0) is 72.1 Å². The Bertz CT molecular complexity index is 705. The number of carbonyl (C=O) groups is 2. The molecule has 1 rings (SSSR count). The lowest BCUT2D eigenvalue weighted by atomic mass is 10.0. The number of hydrogen-bond acceptors (Lipinski definition) is 4. The summed E-state index contributed by atoms with van der Waals surface area (Å²) >= 11 is 3.45. The van der Waals surface area contributed by atoms with Crippen molar-refractivity contribution in [3.8, 4) is 0 Å². The molecule has 0 aliphatic rings. The second-order valence-corrected chi connectivity index (χ2v) is 9.96. The van der Waals surface area contributed by atoms with Gasteiger partial charge in [0.05, 0.1) is 6.04 Å². The Morgan fingerprint density at radius 2 is 1.67 bits per heavy atom. The van der Waals surface area contributed by atoms with Crippen molar-refractivity contribution >= 4 is 28.1 Å². The number of benzene rings is 1. The Morgan fingerprint density at radius 1 is 1.10 bits per heavy atom. The van der Waals surface area contributed by atoms with E-state index in [1.54, 1.807) is 11.0 Å². The van der Waals surface area contributed by atoms with Gasteiger partial charge in [-0.2, -0.15) is 0 Å². The summed E-state index contributed by atoms with van der Waals surface area (Å²) in [6.07, 6.45) is 2.07. The van der Waals surface area contributed by atoms with Gasteiger partial charge in [0.1, 0.15) is 11.2 Å². The molecule has 0 saturated carbocycles. The second kappa shape index (κ2) is 11.4. The molecule has 6 nitrogen and oxygen atoms in total. The van der Waals surface area contributed by atoms with E-state index in [2.05, 4.69) is 27.8 Å². The third-order valence-corrected chi connectivity index (χ3v) is 4.42. The molecule has 0 spiro atoms. The fourth-order valence-electron chi connectivity index (χ4n) is 2.74. The minimum Gasteiger partial charge on any atom is -0.444 e. The van der Waals surface area contributed by atoms with Crippen LogP contribution < -0.4 is 5.32 Å². The van der Waals surface area contributed by atoms with Gasteiger partial charge in [0.25, 0.3) is 0 Å². The quantitative estimate of drug-likeness (QED) is 0.352. The average molecular weight is 483 g/mol. The third kappa shape index (κ3) is 10.1. The van der Waals surface area contributed by atoms with Crippen LogP contribution in [0.2, 0.25) is 0 Å². The number of nitrogens with zero attached hydrogens (tertiary/aromatic N) is 1. The van der Waals surface area contributed by atoms with Gasteiger partial charge >= 0.3 is 12.2 Å². The van der Waals surface area contributed by atoms with E-state index < -0.39 is 23.4 Å². The van der Waals surface area contributed by atoms with Gasteiger partial charge in [-0.15, -0.1) is 6.58 Å². The van der Waals surface area contributed by atoms with Crippen LogP contribution in [0.4, 0.5) is 9.59 Å². The Morgan fingerprint density at radius 3 is 2.17 bits per heavy atom. The summed E-state index contributed by atoms with van der Waals surface area (Å²) in [5.41, 5.74) is -0.171. The number of halogens is 1. The molecular formula is C23H35BrN2O4. The van der Waals surface area contributed by atoms with Crippen molar-refractivity contribution in [1.82, 2.24) is 10.2 Å². The molecule has 0 heterocycles. The topological polar surface area (TPSA) is 67.9 Å². The largest absolute Gasteiger partial charge is 0.444 e. The Labute approximate surface area is 189 Å². The highest BCUT2D eigenvalue weighted by molar-refractivity contribution is 9.10. The van der Waals surface area contributed by atoms with E-state index in [0.717, 1.165) is 10.0 Å². The van der Waals surface area contributed by atoms with Crippen molar-refractivity contribution < 1.29 is 19.1 Å². The van der Waals surface area contributed by atoms with Crippen molar-refractivity contribution in [3.05, 3.63) is 47.0 Å². The molecule has 0 radical (unpaired) electrons. The maximum absolute atomic E-state index is 13.0. The van der Waals surface area contributed by atoms with Crippen LogP contribution in [0.15, 0.2) is 41.4 Å². The van der Waals surface area contributed by atoms with Gasteiger partial charge in [-0.25, -0.2) is 9.59 Å². The first kappa shape index (κ1) is 26.0. The smallest absolute Gasteiger partial charge is 0.410 e. The normalized spacial score (nSPS) is 12.6. The van der Waals surface area contributed by atoms with Crippen molar-refractivity contribution in [2.45, 2.75) is 71.6 Å². The van der Waals surface area contributed by atoms with Crippen LogP contribution in [0, 0.1) is 0 Å². The van der Waals surface area contributed by atoms with Crippen LogP contribution in [0.25, 0.3) is 0 Å². The summed E-state index contributed by atoms with van der Waals surface area (Å²) in [4.78, 5) is 26.5. The minimum atomic E-state index is -0.609. The third-order valence-electron chi connectivity index (χ3n) is 3.89. The summed E-state index contributed by atoms with van der Waals surface area (Å²) in [6, 6.07) is 7.64. The number of carbonyl (C=O) groups excluding carboxylic acids is 2. The lowest BCUT2D eigenvalue weighted by Crippen LogP contribution is -2.41. The molecule has 0 aliphatic heterocycles. The van der Waals surface area contributed by atoms with Gasteiger partial charge in [-0.3, -0.25) is 0 Å². The zero-order valence-electron chi connectivity index (χ0n) is 19.0. The molecule has 0 unspecified atom stereocenters. The van der Waals surface area contributed by atoms with Crippen molar-refractivity contribution in [1.29, 1.82) is 0 Å². The van der Waals surface area contributed by atoms with Crippen molar-refractivity contribution in [2.24, 2.45) is 0 Å². The first-order valence-electron chi connectivity index (χ1n) is 10.2. The van der Waals surface area contributed by atoms with Crippen LogP contribution in [-0.4, -0.2) is 41.4 Å². The molecule has 0 saturated heterocycles. The molecular weight excluding hydrogens is 448 g/mol. The number of rotatable bonds is 8. The Balaban J connectivity index is 2.92. The zero-order chi connectivity index (χ0) is 22.9. The van der Waals surface area contributed by atoms with Crippen molar-refractivity contribution in [2.75, 3.05) is 13.1 Å². The number of ether oxygens (including phenoxy) is 2. The molecule has 1 atom stereocenters. The molecule has 0 fully saturated rings. The van der Waals surface area contributed by atoms with Crippen LogP contribution in [0.3, 0.4) is 0 Å². The average Bonchev–Trinajstić information content (AvgIpc) is 2.58. The van der Waals surface area contributed by atoms with Crippen LogP contribution in [-0.2, 0) is 9.47 Å². The van der Waals surface area contributed by atoms with E-state index in [-0.39, 0.29) is 6.04 Å². The Kier molecular flexibility index (Phi) is 9.88. The summed E-state index contributed by atoms with van der Waals surface area (Å²) < 4.78 is 11.9. The SMILES string of the molecule is C=CC[C@@H](c1ccc(Br)cc1)N(CCCNC(=O)OC(C)(C)C)C(=O)OC(C)(C)C. The number of nitrogens with one attached hydrogen (secondary N) is 1. The predicted octanol–water partition coefficient (Wildman–Crippen LogP) is 6.22. The first-order chi connectivity index (χ1) is 13.8. The molecule has 2 amide bonds. The maximum Gasteiger partial charge on any atom is 0.410 e. The van der Waals surface area contributed by atoms with Crippen LogP contribution in [0.1, 0.15) is 66.0 Å². The molecule has 1 N–H and O–H groups in total. The number of alkyl carbamates (subject to hydrolysis) is 1. The second-order valence-electron chi connectivity index (χ2n) is 9.05. The standard InChI is InChI=1S/C23H35BrN2O4/c1-8-10-19(17-11-13-18(24)14-12-17)26(21(28)30-23(5,6)7)16-9-15-25-20(27)29-22(2,3)4/h8,11-14,19H,1,9-10,15-16H2,2-7H3,(H,25,27)/t19-/m0/s1. The molecule has 1 aromatic carbocycles. The molecule has 1 aromatic rings. The minimum absolute atomic E-state index is 0.216. The summed E-state index contributed by atoms with van der Waals surface area (Å²) in [7, 11) is 0. The summed E-state index contributed by atoms with van der Waals surface area (Å²) in [5, 5.41) is 2.73. The fourth-order valence-corrected chi connectivity index (χ4v) is 3.00. The highest BCUT2D eigenvalue weighted by Crippen LogP contribution is 2.28. The molecule has 7 heteroatoms. The number of amides is 2. The van der Waals surface area contributed by atoms with Gasteiger partial charge in [0, 0.05) is 17.6 Å². The van der Waals surface area contributed by atoms with Gasteiger partial charge < -0.3 is 19.7 Å². The van der Waals surface area contributed by atoms with Crippen LogP contribution >= 0.6 is 15.9 Å². The lowest BCUT2D eigenvalue weighted by molar-refractivity contribution is 0.0156. The summed E-state index contributed by atoms with van der Waals surface area (Å²) in [5.74, 6) is 0. The lowest BCUT2D eigenvalue weighted by Gasteiger charge is -2.33. The molecule has 30 heavy (non-hydrogen) atoms. The zero-order valence-corrected chi connectivity index (χ0v) is 20.5. The predicted molar refractivity (Wildman–Crippen MR) is 123 cm³/mol. The summed E-state index contributed by atoms with van der Waals surface area (Å²) in [6.45, 7) is 15.6. The van der Waals surface area contributed by atoms with E-state index in [4.69, 9.17) is 9.47 Å². The molecule has 0 aliphatic carbocycles. The highest BCUT2D eigenvalue weighted by Gasteiger charge is 2.28. The molecule has 168 valence electrons. The van der Waals surface area contributed by atoms with E-state index in [0.29, 0.717) is 25.9 Å². The fraction of sp³-hybridized carbons (Fsp3) is 0.565. The van der Waals surface area contributed by atoms with Gasteiger partial charge in [0.15, 0.2) is 0 Å². The van der Waals surface area contributed by atoms with E-state index in [9.17, 15) is 9.59 Å². The van der Waals surface area contributed by atoms with E-state index in [1.165, 1.54) is 0 Å². The molecule has 0 bridgehead atoms. The van der Waals surface area contributed by atoms with Crippen LogP contribution in [0.5, 0.6) is 0 Å². The van der Waals surface area contributed by atoms with E-state index >= 15 is 0 Å². The number of hydrogen-bond donors (Lipinski definition) is 1. The highest BCUT2D eigenvalue weighted by atomic mass is 79.9.